The summed E-state index contributed by atoms with van der Waals surface area (Å²) in [4.78, 5) is 30.4. The van der Waals surface area contributed by atoms with Gasteiger partial charge >= 0.3 is 0 Å². The fourth-order valence-corrected chi connectivity index (χ4v) is 5.69. The summed E-state index contributed by atoms with van der Waals surface area (Å²) in [6.07, 6.45) is 2.24. The van der Waals surface area contributed by atoms with Crippen LogP contribution in [0.2, 0.25) is 0 Å². The van der Waals surface area contributed by atoms with Gasteiger partial charge in [0.1, 0.15) is 6.10 Å². The SMILES string of the molecule is COc1ccccc1Oc1c(NS(=O)(=O)c2ccc(C(C)(C)C)cc2)nc(-c2ncccn2)nc1OC(C)CC(=O)NCc1ccccc1. The van der Waals surface area contributed by atoms with Gasteiger partial charge < -0.3 is 19.5 Å². The molecule has 3 aromatic carbocycles. The van der Waals surface area contributed by atoms with Crippen molar-refractivity contribution in [2.75, 3.05) is 11.8 Å². The van der Waals surface area contributed by atoms with Crippen LogP contribution in [0.1, 0.15) is 45.2 Å². The van der Waals surface area contributed by atoms with E-state index in [0.29, 0.717) is 12.3 Å². The molecule has 5 aromatic rings. The number of carbonyl (C=O) groups excluding carboxylic acids is 1. The lowest BCUT2D eigenvalue weighted by atomic mass is 9.87. The van der Waals surface area contributed by atoms with Gasteiger partial charge in [-0.05, 0) is 53.8 Å². The van der Waals surface area contributed by atoms with E-state index < -0.39 is 16.1 Å². The number of amides is 1. The van der Waals surface area contributed by atoms with Gasteiger partial charge in [0.15, 0.2) is 23.1 Å². The number of ether oxygens (including phenoxy) is 3. The molecular formula is C36H38N6O6S. The Morgan fingerprint density at radius 3 is 2.14 bits per heavy atom. The zero-order valence-electron chi connectivity index (χ0n) is 27.9. The third-order valence-corrected chi connectivity index (χ3v) is 8.62. The van der Waals surface area contributed by atoms with E-state index >= 15 is 0 Å². The highest BCUT2D eigenvalue weighted by Gasteiger charge is 2.27. The number of anilines is 1. The Bertz CT molecular complexity index is 1990. The van der Waals surface area contributed by atoms with Gasteiger partial charge in [-0.2, -0.15) is 4.98 Å². The van der Waals surface area contributed by atoms with Crippen LogP contribution in [0.15, 0.2) is 102 Å². The van der Waals surface area contributed by atoms with Crippen molar-refractivity contribution >= 4 is 21.7 Å². The van der Waals surface area contributed by atoms with Crippen molar-refractivity contribution in [1.29, 1.82) is 0 Å². The van der Waals surface area contributed by atoms with Gasteiger partial charge in [-0.15, -0.1) is 0 Å². The summed E-state index contributed by atoms with van der Waals surface area (Å²) in [7, 11) is -2.74. The Kier molecular flexibility index (Phi) is 10.7. The Labute approximate surface area is 286 Å². The molecule has 13 heteroatoms. The number of benzene rings is 3. The molecule has 1 atom stereocenters. The summed E-state index contributed by atoms with van der Waals surface area (Å²) in [6.45, 7) is 8.16. The van der Waals surface area contributed by atoms with Crippen molar-refractivity contribution in [3.05, 3.63) is 108 Å². The van der Waals surface area contributed by atoms with Crippen LogP contribution in [0.25, 0.3) is 11.6 Å². The number of carbonyl (C=O) groups is 1. The fourth-order valence-electron chi connectivity index (χ4n) is 4.68. The van der Waals surface area contributed by atoms with Gasteiger partial charge in [0.2, 0.25) is 17.5 Å². The molecule has 0 aliphatic heterocycles. The van der Waals surface area contributed by atoms with Crippen LogP contribution in [-0.4, -0.2) is 47.5 Å². The summed E-state index contributed by atoms with van der Waals surface area (Å²) in [5.41, 5.74) is 1.74. The molecule has 2 aromatic heterocycles. The molecule has 0 fully saturated rings. The molecule has 0 saturated carbocycles. The number of methoxy groups -OCH3 is 1. The molecule has 0 saturated heterocycles. The first kappa shape index (κ1) is 34.8. The maximum absolute atomic E-state index is 13.8. The van der Waals surface area contributed by atoms with E-state index in [1.54, 1.807) is 49.4 Å². The molecule has 0 radical (unpaired) electrons. The van der Waals surface area contributed by atoms with Crippen LogP contribution < -0.4 is 24.2 Å². The van der Waals surface area contributed by atoms with Crippen molar-refractivity contribution < 1.29 is 27.4 Å². The Morgan fingerprint density at radius 2 is 1.49 bits per heavy atom. The monoisotopic (exact) mass is 682 g/mol. The standard InChI is InChI=1S/C36H38N6O6S/c1-24(22-30(43)39-23-25-12-7-6-8-13-25)47-35-31(48-29-15-10-9-14-28(29)46-5)32(40-34(41-35)33-37-20-11-21-38-33)42-49(44,45)27-18-16-26(17-19-27)36(2,3)4/h6-21,24H,22-23H2,1-5H3,(H,39,43)(H,40,41,42). The Hall–Kier alpha value is -5.56. The largest absolute Gasteiger partial charge is 0.493 e. The highest BCUT2D eigenvalue weighted by molar-refractivity contribution is 7.92. The zero-order chi connectivity index (χ0) is 35.0. The Morgan fingerprint density at radius 1 is 0.837 bits per heavy atom. The molecule has 254 valence electrons. The normalized spacial score (nSPS) is 12.1. The lowest BCUT2D eigenvalue weighted by Crippen LogP contribution is -2.28. The van der Waals surface area contributed by atoms with Crippen molar-refractivity contribution in [2.24, 2.45) is 0 Å². The van der Waals surface area contributed by atoms with Gasteiger partial charge in [0.25, 0.3) is 15.9 Å². The lowest BCUT2D eigenvalue weighted by molar-refractivity contribution is -0.122. The molecule has 1 unspecified atom stereocenters. The number of rotatable bonds is 13. The number of sulfonamides is 1. The molecule has 2 N–H and O–H groups in total. The van der Waals surface area contributed by atoms with Gasteiger partial charge in [0.05, 0.1) is 18.4 Å². The predicted octanol–water partition coefficient (Wildman–Crippen LogP) is 6.31. The predicted molar refractivity (Wildman–Crippen MR) is 185 cm³/mol. The lowest BCUT2D eigenvalue weighted by Gasteiger charge is -2.21. The highest BCUT2D eigenvalue weighted by Crippen LogP contribution is 2.42. The van der Waals surface area contributed by atoms with Crippen LogP contribution in [0.3, 0.4) is 0 Å². The van der Waals surface area contributed by atoms with Crippen LogP contribution in [0.4, 0.5) is 5.82 Å². The molecule has 49 heavy (non-hydrogen) atoms. The van der Waals surface area contributed by atoms with Crippen molar-refractivity contribution in [2.45, 2.75) is 57.1 Å². The van der Waals surface area contributed by atoms with E-state index in [1.807, 2.05) is 51.1 Å². The number of hydrogen-bond acceptors (Lipinski definition) is 10. The third-order valence-electron chi connectivity index (χ3n) is 7.26. The molecule has 0 spiro atoms. The van der Waals surface area contributed by atoms with Crippen LogP contribution in [0.5, 0.6) is 23.1 Å². The van der Waals surface area contributed by atoms with E-state index in [2.05, 4.69) is 30.0 Å². The summed E-state index contributed by atoms with van der Waals surface area (Å²) in [5, 5.41) is 2.88. The number of nitrogens with zero attached hydrogens (tertiary/aromatic N) is 4. The maximum atomic E-state index is 13.8. The minimum atomic E-state index is -4.21. The quantitative estimate of drug-likeness (QED) is 0.144. The fraction of sp³-hybridized carbons (Fsp3) is 0.250. The summed E-state index contributed by atoms with van der Waals surface area (Å²) < 4.78 is 48.2. The molecule has 0 aliphatic carbocycles. The van der Waals surface area contributed by atoms with E-state index in [1.165, 1.54) is 31.6 Å². The molecule has 5 rings (SSSR count). The van der Waals surface area contributed by atoms with Crippen molar-refractivity contribution in [3.63, 3.8) is 0 Å². The second-order valence-corrected chi connectivity index (χ2v) is 13.8. The number of hydrogen-bond donors (Lipinski definition) is 2. The molecular weight excluding hydrogens is 644 g/mol. The average Bonchev–Trinajstić information content (AvgIpc) is 3.09. The molecule has 1 amide bonds. The third kappa shape index (κ3) is 9.08. The second-order valence-electron chi connectivity index (χ2n) is 12.1. The zero-order valence-corrected chi connectivity index (χ0v) is 28.7. The topological polar surface area (TPSA) is 155 Å². The van der Waals surface area contributed by atoms with Gasteiger partial charge in [0, 0.05) is 18.9 Å². The van der Waals surface area contributed by atoms with E-state index in [9.17, 15) is 13.2 Å². The molecule has 2 heterocycles. The van der Waals surface area contributed by atoms with Crippen molar-refractivity contribution in [3.8, 4) is 34.8 Å². The summed E-state index contributed by atoms with van der Waals surface area (Å²) in [6, 6.07) is 24.5. The Balaban J connectivity index is 1.54. The number of para-hydroxylation sites is 2. The summed E-state index contributed by atoms with van der Waals surface area (Å²) in [5.74, 6) is -0.121. The van der Waals surface area contributed by atoms with Crippen LogP contribution in [0, 0.1) is 0 Å². The maximum Gasteiger partial charge on any atom is 0.264 e. The van der Waals surface area contributed by atoms with Gasteiger partial charge in [-0.25, -0.2) is 23.4 Å². The van der Waals surface area contributed by atoms with Crippen LogP contribution in [-0.2, 0) is 26.8 Å². The molecule has 0 bridgehead atoms. The van der Waals surface area contributed by atoms with E-state index in [-0.39, 0.29) is 57.5 Å². The van der Waals surface area contributed by atoms with Gasteiger partial charge in [-0.3, -0.25) is 9.52 Å². The second kappa shape index (κ2) is 15.1. The van der Waals surface area contributed by atoms with Crippen LogP contribution >= 0.6 is 0 Å². The number of aromatic nitrogens is 4. The first-order valence-electron chi connectivity index (χ1n) is 15.5. The first-order valence-corrected chi connectivity index (χ1v) is 17.0. The highest BCUT2D eigenvalue weighted by atomic mass is 32.2. The van der Waals surface area contributed by atoms with E-state index in [4.69, 9.17) is 14.2 Å². The van der Waals surface area contributed by atoms with E-state index in [0.717, 1.165) is 11.1 Å². The molecule has 12 nitrogen and oxygen atoms in total. The minimum Gasteiger partial charge on any atom is -0.493 e. The van der Waals surface area contributed by atoms with Crippen molar-refractivity contribution in [1.82, 2.24) is 25.3 Å². The minimum absolute atomic E-state index is 0.00536. The molecule has 0 aliphatic rings. The number of nitrogens with one attached hydrogen (secondary N) is 2. The first-order chi connectivity index (χ1) is 23.4. The van der Waals surface area contributed by atoms with Gasteiger partial charge in [-0.1, -0.05) is 75.4 Å². The average molecular weight is 683 g/mol. The summed E-state index contributed by atoms with van der Waals surface area (Å²) >= 11 is 0. The smallest absolute Gasteiger partial charge is 0.264 e.